The van der Waals surface area contributed by atoms with E-state index in [0.29, 0.717) is 11.3 Å². The first-order chi connectivity index (χ1) is 9.90. The van der Waals surface area contributed by atoms with E-state index in [-0.39, 0.29) is 18.0 Å². The van der Waals surface area contributed by atoms with Crippen LogP contribution >= 0.6 is 11.3 Å². The Bertz CT molecular complexity index is 562. The van der Waals surface area contributed by atoms with Crippen LogP contribution in [0.5, 0.6) is 0 Å². The molecule has 0 atom stereocenters. The van der Waals surface area contributed by atoms with Gasteiger partial charge in [-0.25, -0.2) is 9.78 Å². The number of alkyl halides is 3. The number of carbonyl (C=O) groups excluding carboxylic acids is 2. The lowest BCUT2D eigenvalue weighted by Gasteiger charge is -2.19. The minimum Gasteiger partial charge on any atom is -0.444 e. The molecule has 22 heavy (non-hydrogen) atoms. The van der Waals surface area contributed by atoms with Gasteiger partial charge in [0.05, 0.1) is 5.01 Å². The molecule has 0 saturated heterocycles. The Morgan fingerprint density at radius 1 is 1.27 bits per heavy atom. The van der Waals surface area contributed by atoms with Crippen LogP contribution in [0.1, 0.15) is 48.1 Å². The van der Waals surface area contributed by atoms with Gasteiger partial charge in [0, 0.05) is 19.9 Å². The van der Waals surface area contributed by atoms with E-state index in [1.54, 1.807) is 20.8 Å². The highest BCUT2D eigenvalue weighted by atomic mass is 32.1. The largest absolute Gasteiger partial charge is 0.444 e. The average Bonchev–Trinajstić information content (AvgIpc) is 2.70. The van der Waals surface area contributed by atoms with Crippen molar-refractivity contribution < 1.29 is 27.5 Å². The number of Topliss-reactive ketones (excluding diaryl/α,β-unsaturated/α-hetero) is 1. The van der Waals surface area contributed by atoms with Crippen molar-refractivity contribution in [2.45, 2.75) is 45.9 Å². The second-order valence-corrected chi connectivity index (χ2v) is 6.60. The molecule has 5 nitrogen and oxygen atoms in total. The molecular formula is C13H17F3N2O3S. The summed E-state index contributed by atoms with van der Waals surface area (Å²) < 4.78 is 43.4. The zero-order chi connectivity index (χ0) is 17.1. The highest BCUT2D eigenvalue weighted by molar-refractivity contribution is 7.12. The number of carbonyl (C=O) groups is 2. The van der Waals surface area contributed by atoms with Gasteiger partial charge in [-0.1, -0.05) is 0 Å². The van der Waals surface area contributed by atoms with Crippen LogP contribution in [-0.4, -0.2) is 29.0 Å². The summed E-state index contributed by atoms with van der Waals surface area (Å²) in [6, 6.07) is 0. The second kappa shape index (κ2) is 6.64. The van der Waals surface area contributed by atoms with Crippen molar-refractivity contribution in [2.75, 3.05) is 6.54 Å². The van der Waals surface area contributed by atoms with Crippen molar-refractivity contribution >= 4 is 23.2 Å². The van der Waals surface area contributed by atoms with E-state index in [1.807, 2.05) is 0 Å². The Labute approximate surface area is 129 Å². The molecule has 0 radical (unpaired) electrons. The maximum atomic E-state index is 12.8. The number of amides is 1. The van der Waals surface area contributed by atoms with Gasteiger partial charge in [0.1, 0.15) is 16.2 Å². The van der Waals surface area contributed by atoms with Gasteiger partial charge in [0.25, 0.3) is 0 Å². The summed E-state index contributed by atoms with van der Waals surface area (Å²) in [5.41, 5.74) is -1.24. The number of ketones is 1. The number of ether oxygens (including phenoxy) is 1. The normalized spacial score (nSPS) is 12.1. The van der Waals surface area contributed by atoms with E-state index in [0.717, 1.165) is 6.92 Å². The number of nitrogens with one attached hydrogen (secondary N) is 1. The molecule has 0 fully saturated rings. The first kappa shape index (κ1) is 18.4. The zero-order valence-electron chi connectivity index (χ0n) is 12.6. The Balaban J connectivity index is 2.68. The second-order valence-electron chi connectivity index (χ2n) is 5.52. The Morgan fingerprint density at radius 3 is 2.27 bits per heavy atom. The van der Waals surface area contributed by atoms with Gasteiger partial charge in [-0.2, -0.15) is 13.2 Å². The lowest BCUT2D eigenvalue weighted by Crippen LogP contribution is -2.33. The van der Waals surface area contributed by atoms with Crippen LogP contribution in [0.2, 0.25) is 0 Å². The highest BCUT2D eigenvalue weighted by Gasteiger charge is 2.38. The SMILES string of the molecule is CC(=O)c1nc(CCNC(=O)OC(C)(C)C)sc1C(F)(F)F. The number of hydrogen-bond donors (Lipinski definition) is 1. The molecule has 0 aliphatic rings. The van der Waals surface area contributed by atoms with Crippen LogP contribution in [0, 0.1) is 0 Å². The van der Waals surface area contributed by atoms with Crippen molar-refractivity contribution in [3.63, 3.8) is 0 Å². The van der Waals surface area contributed by atoms with Crippen molar-refractivity contribution in [1.29, 1.82) is 0 Å². The van der Waals surface area contributed by atoms with E-state index in [2.05, 4.69) is 10.3 Å². The fourth-order valence-electron chi connectivity index (χ4n) is 1.49. The molecule has 0 saturated carbocycles. The van der Waals surface area contributed by atoms with E-state index in [4.69, 9.17) is 4.74 Å². The molecule has 9 heteroatoms. The van der Waals surface area contributed by atoms with Gasteiger partial charge < -0.3 is 10.1 Å². The lowest BCUT2D eigenvalue weighted by atomic mass is 10.2. The molecule has 0 aromatic carbocycles. The molecule has 0 bridgehead atoms. The number of hydrogen-bond acceptors (Lipinski definition) is 5. The highest BCUT2D eigenvalue weighted by Crippen LogP contribution is 2.36. The predicted octanol–water partition coefficient (Wildman–Crippen LogP) is 3.43. The van der Waals surface area contributed by atoms with Crippen molar-refractivity contribution in [3.05, 3.63) is 15.6 Å². The molecule has 0 aliphatic carbocycles. The Morgan fingerprint density at radius 2 is 1.86 bits per heavy atom. The van der Waals surface area contributed by atoms with Crippen LogP contribution in [-0.2, 0) is 17.3 Å². The van der Waals surface area contributed by atoms with Crippen LogP contribution in [0.25, 0.3) is 0 Å². The van der Waals surface area contributed by atoms with Gasteiger partial charge in [-0.05, 0) is 20.8 Å². The van der Waals surface area contributed by atoms with Crippen LogP contribution in [0.4, 0.5) is 18.0 Å². The first-order valence-electron chi connectivity index (χ1n) is 6.45. The van der Waals surface area contributed by atoms with E-state index >= 15 is 0 Å². The number of thiazole rings is 1. The first-order valence-corrected chi connectivity index (χ1v) is 7.26. The maximum absolute atomic E-state index is 12.8. The third-order valence-electron chi connectivity index (χ3n) is 2.27. The molecule has 1 amide bonds. The number of alkyl carbamates (subject to hydrolysis) is 1. The monoisotopic (exact) mass is 338 g/mol. The zero-order valence-corrected chi connectivity index (χ0v) is 13.4. The number of rotatable bonds is 4. The van der Waals surface area contributed by atoms with Crippen molar-refractivity contribution in [2.24, 2.45) is 0 Å². The molecule has 1 rings (SSSR count). The molecule has 1 aromatic heterocycles. The summed E-state index contributed by atoms with van der Waals surface area (Å²) in [4.78, 5) is 25.3. The fraction of sp³-hybridized carbons (Fsp3) is 0.615. The summed E-state index contributed by atoms with van der Waals surface area (Å²) in [5.74, 6) is -0.741. The minimum atomic E-state index is -4.62. The van der Waals surface area contributed by atoms with Crippen molar-refractivity contribution in [3.8, 4) is 0 Å². The summed E-state index contributed by atoms with van der Waals surface area (Å²) >= 11 is 0.411. The number of aromatic nitrogens is 1. The molecule has 0 unspecified atom stereocenters. The Hall–Kier alpha value is -1.64. The summed E-state index contributed by atoms with van der Waals surface area (Å²) in [7, 11) is 0. The maximum Gasteiger partial charge on any atom is 0.427 e. The number of nitrogens with zero attached hydrogens (tertiary/aromatic N) is 1. The van der Waals surface area contributed by atoms with Crippen LogP contribution < -0.4 is 5.32 Å². The van der Waals surface area contributed by atoms with E-state index in [1.165, 1.54) is 0 Å². The van der Waals surface area contributed by atoms with E-state index < -0.39 is 34.2 Å². The smallest absolute Gasteiger partial charge is 0.427 e. The van der Waals surface area contributed by atoms with Crippen LogP contribution in [0.15, 0.2) is 0 Å². The van der Waals surface area contributed by atoms with Crippen molar-refractivity contribution in [1.82, 2.24) is 10.3 Å². The van der Waals surface area contributed by atoms with Gasteiger partial charge in [0.15, 0.2) is 5.78 Å². The molecule has 124 valence electrons. The van der Waals surface area contributed by atoms with Crippen LogP contribution in [0.3, 0.4) is 0 Å². The fourth-order valence-corrected chi connectivity index (χ4v) is 2.47. The van der Waals surface area contributed by atoms with E-state index in [9.17, 15) is 22.8 Å². The third-order valence-corrected chi connectivity index (χ3v) is 3.43. The molecule has 1 aromatic rings. The molecule has 0 aliphatic heterocycles. The summed E-state index contributed by atoms with van der Waals surface area (Å²) in [5, 5.41) is 2.56. The number of halogens is 3. The Kier molecular flexibility index (Phi) is 5.55. The minimum absolute atomic E-state index is 0.0665. The average molecular weight is 338 g/mol. The molecule has 1 heterocycles. The molecule has 0 spiro atoms. The molecule has 1 N–H and O–H groups in total. The van der Waals surface area contributed by atoms with Gasteiger partial charge in [-0.15, -0.1) is 11.3 Å². The molecular weight excluding hydrogens is 321 g/mol. The van der Waals surface area contributed by atoms with Gasteiger partial charge >= 0.3 is 12.3 Å². The summed E-state index contributed by atoms with van der Waals surface area (Å²) in [6.45, 7) is 6.19. The lowest BCUT2D eigenvalue weighted by molar-refractivity contribution is -0.134. The standard InChI is InChI=1S/C13H17F3N2O3S/c1-7(19)9-10(13(14,15)16)22-8(18-9)5-6-17-11(20)21-12(2,3)4/h5-6H2,1-4H3,(H,17,20). The van der Waals surface area contributed by atoms with Gasteiger partial charge in [0.2, 0.25) is 0 Å². The topological polar surface area (TPSA) is 68.3 Å². The third kappa shape index (κ3) is 5.63. The quantitative estimate of drug-likeness (QED) is 0.854. The predicted molar refractivity (Wildman–Crippen MR) is 75.1 cm³/mol. The summed E-state index contributed by atoms with van der Waals surface area (Å²) in [6.07, 6.45) is -5.19. The van der Waals surface area contributed by atoms with Gasteiger partial charge in [-0.3, -0.25) is 4.79 Å².